The number of hydrogen-bond acceptors (Lipinski definition) is 2. The van der Waals surface area contributed by atoms with Crippen LogP contribution < -0.4 is 5.46 Å². The highest BCUT2D eigenvalue weighted by Crippen LogP contribution is 2.35. The van der Waals surface area contributed by atoms with Gasteiger partial charge in [0.25, 0.3) is 0 Å². The van der Waals surface area contributed by atoms with Crippen LogP contribution in [0.3, 0.4) is 0 Å². The Morgan fingerprint density at radius 1 is 1.15 bits per heavy atom. The van der Waals surface area contributed by atoms with Crippen LogP contribution in [0.4, 0.5) is 0 Å². The molecule has 6 heteroatoms. The lowest BCUT2D eigenvalue weighted by Crippen LogP contribution is -2.69. The highest BCUT2D eigenvalue weighted by molar-refractivity contribution is 6.75. The Balaban J connectivity index is 2.01. The molecule has 20 heavy (non-hydrogen) atoms. The maximum Gasteiger partial charge on any atom is 0.502 e. The van der Waals surface area contributed by atoms with Gasteiger partial charge in [0.2, 0.25) is 0 Å². The van der Waals surface area contributed by atoms with Crippen LogP contribution in [0.2, 0.25) is 10.0 Å². The van der Waals surface area contributed by atoms with Crippen LogP contribution in [-0.4, -0.2) is 43.9 Å². The standard InChI is InChI=1S/C14H20BCl2NO2/c1-2-3-6-18-7-9-19-15(18,20-10-8-18)12-4-5-13(16)14(17)11-12/h4-5,11H,2-3,6-10H2,1H3. The van der Waals surface area contributed by atoms with E-state index in [1.807, 2.05) is 18.2 Å². The summed E-state index contributed by atoms with van der Waals surface area (Å²) >= 11 is 12.2. The number of hydrogen-bond donors (Lipinski definition) is 0. The van der Waals surface area contributed by atoms with Gasteiger partial charge in [0.05, 0.1) is 36.3 Å². The third-order valence-corrected chi connectivity index (χ3v) is 5.54. The topological polar surface area (TPSA) is 18.5 Å². The number of rotatable bonds is 4. The Morgan fingerprint density at radius 2 is 1.85 bits per heavy atom. The Morgan fingerprint density at radius 3 is 2.45 bits per heavy atom. The highest BCUT2D eigenvalue weighted by Gasteiger charge is 2.59. The monoisotopic (exact) mass is 315 g/mol. The Kier molecular flexibility index (Phi) is 4.04. The molecule has 0 saturated carbocycles. The molecule has 2 saturated heterocycles. The van der Waals surface area contributed by atoms with E-state index >= 15 is 0 Å². The Labute approximate surface area is 130 Å². The lowest BCUT2D eigenvalue weighted by Gasteiger charge is -2.47. The predicted octanol–water partition coefficient (Wildman–Crippen LogP) is 2.82. The van der Waals surface area contributed by atoms with Crippen molar-refractivity contribution in [3.63, 3.8) is 0 Å². The SMILES string of the molecule is CCCC[N+]12CCO[B-]1(c1ccc(Cl)c(Cl)c1)OCC2. The molecule has 0 aromatic heterocycles. The van der Waals surface area contributed by atoms with Crippen LogP contribution in [0.5, 0.6) is 0 Å². The van der Waals surface area contributed by atoms with Crippen LogP contribution in [0.15, 0.2) is 18.2 Å². The van der Waals surface area contributed by atoms with E-state index in [1.54, 1.807) is 0 Å². The highest BCUT2D eigenvalue weighted by atomic mass is 35.5. The van der Waals surface area contributed by atoms with Gasteiger partial charge in [-0.2, -0.15) is 0 Å². The second-order valence-corrected chi connectivity index (χ2v) is 6.64. The average Bonchev–Trinajstić information content (AvgIpc) is 2.95. The zero-order valence-electron chi connectivity index (χ0n) is 11.8. The summed E-state index contributed by atoms with van der Waals surface area (Å²) in [7, 11) is 0. The fourth-order valence-corrected chi connectivity index (χ4v) is 4.03. The minimum absolute atomic E-state index is 0.569. The van der Waals surface area contributed by atoms with Crippen molar-refractivity contribution < 1.29 is 13.7 Å². The van der Waals surface area contributed by atoms with Crippen molar-refractivity contribution in [1.29, 1.82) is 0 Å². The molecule has 0 N–H and O–H groups in total. The average molecular weight is 316 g/mol. The summed E-state index contributed by atoms with van der Waals surface area (Å²) in [6.07, 6.45) is 2.38. The van der Waals surface area contributed by atoms with E-state index < -0.39 is 6.69 Å². The summed E-state index contributed by atoms with van der Waals surface area (Å²) in [5.74, 6) is 0. The van der Waals surface area contributed by atoms with Crippen LogP contribution in [0.25, 0.3) is 0 Å². The molecule has 0 unspecified atom stereocenters. The van der Waals surface area contributed by atoms with E-state index in [0.717, 1.165) is 42.7 Å². The van der Waals surface area contributed by atoms with Crippen molar-refractivity contribution in [3.8, 4) is 0 Å². The number of unbranched alkanes of at least 4 members (excludes halogenated alkanes) is 1. The number of benzene rings is 1. The van der Waals surface area contributed by atoms with Crippen molar-refractivity contribution in [3.05, 3.63) is 28.2 Å². The molecule has 2 fully saturated rings. The van der Waals surface area contributed by atoms with Crippen molar-refractivity contribution in [2.75, 3.05) is 32.8 Å². The lowest BCUT2D eigenvalue weighted by molar-refractivity contribution is -0.820. The first-order valence-electron chi connectivity index (χ1n) is 7.37. The van der Waals surface area contributed by atoms with Gasteiger partial charge in [-0.15, -0.1) is 0 Å². The normalized spacial score (nSPS) is 32.5. The fourth-order valence-electron chi connectivity index (χ4n) is 3.72. The molecule has 0 spiro atoms. The van der Waals surface area contributed by atoms with Gasteiger partial charge in [-0.25, -0.2) is 0 Å². The summed E-state index contributed by atoms with van der Waals surface area (Å²) in [6, 6.07) is 5.76. The largest absolute Gasteiger partial charge is 0.505 e. The maximum atomic E-state index is 6.19. The Bertz CT molecular complexity index is 502. The molecule has 2 aliphatic rings. The molecule has 0 amide bonds. The van der Waals surface area contributed by atoms with Gasteiger partial charge in [0.15, 0.2) is 0 Å². The van der Waals surface area contributed by atoms with Gasteiger partial charge in [0.1, 0.15) is 0 Å². The molecule has 0 radical (unpaired) electrons. The number of halogens is 2. The summed E-state index contributed by atoms with van der Waals surface area (Å²) in [6.45, 7) is 5.43. The molecule has 3 rings (SSSR count). The lowest BCUT2D eigenvalue weighted by atomic mass is 9.60. The second kappa shape index (κ2) is 5.50. The van der Waals surface area contributed by atoms with E-state index in [2.05, 4.69) is 6.92 Å². The Hall–Kier alpha value is -0.255. The van der Waals surface area contributed by atoms with Crippen LogP contribution in [-0.2, 0) is 9.31 Å². The van der Waals surface area contributed by atoms with Gasteiger partial charge >= 0.3 is 6.69 Å². The fraction of sp³-hybridized carbons (Fsp3) is 0.571. The number of quaternary nitrogens is 1. The third kappa shape index (κ3) is 2.09. The van der Waals surface area contributed by atoms with Crippen LogP contribution in [0, 0.1) is 0 Å². The summed E-state index contributed by atoms with van der Waals surface area (Å²) in [5, 5.41) is 1.14. The quantitative estimate of drug-likeness (QED) is 0.795. The van der Waals surface area contributed by atoms with Crippen LogP contribution >= 0.6 is 23.2 Å². The number of fused-ring (bicyclic) bond motifs is 1. The number of nitrogens with zero attached hydrogens (tertiary/aromatic N) is 1. The molecule has 3 nitrogen and oxygen atoms in total. The molecule has 2 heterocycles. The summed E-state index contributed by atoms with van der Waals surface area (Å²) in [4.78, 5) is 0. The predicted molar refractivity (Wildman–Crippen MR) is 83.5 cm³/mol. The molecular formula is C14H20BCl2NO2. The summed E-state index contributed by atoms with van der Waals surface area (Å²) in [5.41, 5.74) is 1.05. The van der Waals surface area contributed by atoms with E-state index in [1.165, 1.54) is 12.8 Å². The maximum absolute atomic E-state index is 6.19. The molecule has 2 aliphatic heterocycles. The van der Waals surface area contributed by atoms with E-state index in [0.29, 0.717) is 10.0 Å². The zero-order chi connectivity index (χ0) is 14.2. The first-order valence-corrected chi connectivity index (χ1v) is 8.12. The van der Waals surface area contributed by atoms with Gasteiger partial charge < -0.3 is 13.7 Å². The molecule has 0 atom stereocenters. The third-order valence-electron chi connectivity index (χ3n) is 4.80. The molecule has 1 aromatic carbocycles. The minimum atomic E-state index is -1.46. The van der Waals surface area contributed by atoms with Gasteiger partial charge in [-0.3, -0.25) is 0 Å². The first kappa shape index (κ1) is 14.7. The zero-order valence-corrected chi connectivity index (χ0v) is 13.3. The molecule has 0 bridgehead atoms. The van der Waals surface area contributed by atoms with E-state index in [4.69, 9.17) is 32.5 Å². The van der Waals surface area contributed by atoms with Crippen molar-refractivity contribution in [2.45, 2.75) is 19.8 Å². The molecule has 0 aliphatic carbocycles. The van der Waals surface area contributed by atoms with E-state index in [-0.39, 0.29) is 0 Å². The van der Waals surface area contributed by atoms with Gasteiger partial charge in [-0.1, -0.05) is 54.1 Å². The summed E-state index contributed by atoms with van der Waals surface area (Å²) < 4.78 is 13.2. The van der Waals surface area contributed by atoms with Crippen LogP contribution in [0.1, 0.15) is 19.8 Å². The second-order valence-electron chi connectivity index (χ2n) is 5.83. The smallest absolute Gasteiger partial charge is 0.502 e. The molecule has 110 valence electrons. The first-order chi connectivity index (χ1) is 9.63. The minimum Gasteiger partial charge on any atom is -0.505 e. The van der Waals surface area contributed by atoms with Crippen molar-refractivity contribution in [1.82, 2.24) is 0 Å². The molecular weight excluding hydrogens is 296 g/mol. The van der Waals surface area contributed by atoms with Gasteiger partial charge in [-0.05, 0) is 12.5 Å². The van der Waals surface area contributed by atoms with Crippen molar-refractivity contribution >= 4 is 35.4 Å². The molecule has 1 aromatic rings. The van der Waals surface area contributed by atoms with Crippen molar-refractivity contribution in [2.24, 2.45) is 0 Å². The van der Waals surface area contributed by atoms with Gasteiger partial charge in [0, 0.05) is 6.54 Å². The van der Waals surface area contributed by atoms with E-state index in [9.17, 15) is 0 Å².